The minimum Gasteiger partial charge on any atom is -0.505 e. The minimum absolute atomic E-state index is 0.0657. The Morgan fingerprint density at radius 2 is 1.74 bits per heavy atom. The van der Waals surface area contributed by atoms with Crippen LogP contribution in [-0.2, 0) is 10.0 Å². The van der Waals surface area contributed by atoms with E-state index in [1.165, 1.54) is 0 Å². The first kappa shape index (κ1) is 21.1. The lowest BCUT2D eigenvalue weighted by Crippen LogP contribution is -2.27. The van der Waals surface area contributed by atoms with Crippen LogP contribution >= 0.6 is 11.6 Å². The average Bonchev–Trinajstić information content (AvgIpc) is 2.71. The summed E-state index contributed by atoms with van der Waals surface area (Å²) in [6, 6.07) is 9.59. The number of benzene rings is 3. The number of fused-ring (bicyclic) bond motifs is 6. The number of carbonyl (C=O) groups is 1. The van der Waals surface area contributed by atoms with Gasteiger partial charge in [0.1, 0.15) is 16.5 Å². The van der Waals surface area contributed by atoms with Crippen molar-refractivity contribution >= 4 is 33.2 Å². The van der Waals surface area contributed by atoms with Gasteiger partial charge in [-0.05, 0) is 36.2 Å². The van der Waals surface area contributed by atoms with E-state index in [-0.39, 0.29) is 16.1 Å². The van der Waals surface area contributed by atoms with Gasteiger partial charge in [0.2, 0.25) is 0 Å². The number of nitrogens with one attached hydrogen (secondary N) is 2. The molecule has 0 saturated carbocycles. The Morgan fingerprint density at radius 1 is 1.03 bits per heavy atom. The monoisotopic (exact) mass is 464 g/mol. The molecule has 1 aliphatic heterocycles. The molecular formula is C21H15ClF2N2O4S. The highest BCUT2D eigenvalue weighted by atomic mass is 35.5. The second-order valence-electron chi connectivity index (χ2n) is 7.00. The highest BCUT2D eigenvalue weighted by molar-refractivity contribution is 7.92. The van der Waals surface area contributed by atoms with Crippen LogP contribution in [0, 0.1) is 11.6 Å². The number of amides is 1. The van der Waals surface area contributed by atoms with Gasteiger partial charge in [-0.25, -0.2) is 17.2 Å². The molecule has 3 aromatic carbocycles. The molecule has 0 unspecified atom stereocenters. The van der Waals surface area contributed by atoms with Gasteiger partial charge in [0.25, 0.3) is 15.9 Å². The summed E-state index contributed by atoms with van der Waals surface area (Å²) in [6.45, 7) is 1.66. The summed E-state index contributed by atoms with van der Waals surface area (Å²) in [4.78, 5) is 12.1. The third-order valence-electron chi connectivity index (χ3n) is 4.95. The summed E-state index contributed by atoms with van der Waals surface area (Å²) < 4.78 is 56.9. The molecular weight excluding hydrogens is 450 g/mol. The molecule has 1 aliphatic rings. The van der Waals surface area contributed by atoms with Crippen molar-refractivity contribution in [3.8, 4) is 16.9 Å². The van der Waals surface area contributed by atoms with E-state index in [2.05, 4.69) is 5.32 Å². The van der Waals surface area contributed by atoms with Crippen molar-refractivity contribution in [2.24, 2.45) is 0 Å². The molecule has 3 aromatic rings. The third kappa shape index (κ3) is 3.70. The molecule has 160 valence electrons. The quantitative estimate of drug-likeness (QED) is 0.453. The molecule has 1 heterocycles. The van der Waals surface area contributed by atoms with Gasteiger partial charge in [0.05, 0.1) is 16.8 Å². The maximum atomic E-state index is 14.7. The summed E-state index contributed by atoms with van der Waals surface area (Å²) in [5.41, 5.74) is 0.145. The number of sulfonamides is 1. The molecule has 1 atom stereocenters. The second-order valence-corrected chi connectivity index (χ2v) is 9.06. The maximum absolute atomic E-state index is 14.7. The van der Waals surface area contributed by atoms with Crippen molar-refractivity contribution < 1.29 is 27.1 Å². The van der Waals surface area contributed by atoms with Crippen LogP contribution in [0.4, 0.5) is 14.5 Å². The van der Waals surface area contributed by atoms with Crippen molar-refractivity contribution in [3.05, 3.63) is 76.3 Å². The number of phenols is 1. The summed E-state index contributed by atoms with van der Waals surface area (Å²) in [6.07, 6.45) is 0. The Kier molecular flexibility index (Phi) is 5.10. The zero-order valence-electron chi connectivity index (χ0n) is 15.9. The normalized spacial score (nSPS) is 17.3. The van der Waals surface area contributed by atoms with E-state index in [0.717, 1.165) is 18.2 Å². The van der Waals surface area contributed by atoms with Crippen LogP contribution in [0.25, 0.3) is 11.1 Å². The van der Waals surface area contributed by atoms with Crippen molar-refractivity contribution in [2.45, 2.75) is 17.9 Å². The zero-order chi connectivity index (χ0) is 22.5. The lowest BCUT2D eigenvalue weighted by molar-refractivity contribution is 0.0939. The average molecular weight is 465 g/mol. The standard InChI is InChI=1S/C21H15ClF2N2O4S/c1-10-12-4-2-3-5-13(12)14-8-18(17(24)9-16(14)23)26-31(29,30)19-7-11(21(28)25-10)6-15(22)20(19)27/h2-10,26-27H,1H3,(H,25,28)/t10-/m1/s1. The van der Waals surface area contributed by atoms with Crippen molar-refractivity contribution in [1.29, 1.82) is 0 Å². The van der Waals surface area contributed by atoms with Crippen LogP contribution in [0.1, 0.15) is 28.9 Å². The molecule has 0 aromatic heterocycles. The van der Waals surface area contributed by atoms with Gasteiger partial charge in [-0.1, -0.05) is 35.9 Å². The summed E-state index contributed by atoms with van der Waals surface area (Å²) in [7, 11) is -4.59. The lowest BCUT2D eigenvalue weighted by Gasteiger charge is -2.19. The van der Waals surface area contributed by atoms with Gasteiger partial charge in [-0.15, -0.1) is 0 Å². The highest BCUT2D eigenvalue weighted by Gasteiger charge is 2.27. The van der Waals surface area contributed by atoms with Crippen LogP contribution in [0.3, 0.4) is 0 Å². The Bertz CT molecular complexity index is 1350. The predicted molar refractivity (Wildman–Crippen MR) is 112 cm³/mol. The van der Waals surface area contributed by atoms with Crippen LogP contribution in [0.15, 0.2) is 53.4 Å². The van der Waals surface area contributed by atoms with Crippen molar-refractivity contribution in [1.82, 2.24) is 5.32 Å². The fourth-order valence-corrected chi connectivity index (χ4v) is 4.90. The number of hydrogen-bond donors (Lipinski definition) is 3. The topological polar surface area (TPSA) is 95.5 Å². The largest absolute Gasteiger partial charge is 0.505 e. The predicted octanol–water partition coefficient (Wildman–Crippen LogP) is 4.60. The summed E-state index contributed by atoms with van der Waals surface area (Å²) in [5, 5.41) is 12.5. The Morgan fingerprint density at radius 3 is 2.48 bits per heavy atom. The fraction of sp³-hybridized carbons (Fsp3) is 0.0952. The Balaban J connectivity index is 2.05. The molecule has 0 aliphatic carbocycles. The van der Waals surface area contributed by atoms with E-state index >= 15 is 0 Å². The van der Waals surface area contributed by atoms with Crippen LogP contribution in [0.5, 0.6) is 5.75 Å². The fourth-order valence-electron chi connectivity index (χ4n) is 3.42. The maximum Gasteiger partial charge on any atom is 0.265 e. The summed E-state index contributed by atoms with van der Waals surface area (Å²) in [5.74, 6) is -3.54. The number of anilines is 1. The lowest BCUT2D eigenvalue weighted by atomic mass is 9.94. The smallest absolute Gasteiger partial charge is 0.265 e. The van der Waals surface area contributed by atoms with E-state index in [9.17, 15) is 27.1 Å². The number of rotatable bonds is 0. The minimum atomic E-state index is -4.59. The Hall–Kier alpha value is -3.17. The number of carbonyl (C=O) groups excluding carboxylic acids is 1. The molecule has 4 rings (SSSR count). The highest BCUT2D eigenvalue weighted by Crippen LogP contribution is 2.37. The van der Waals surface area contributed by atoms with Gasteiger partial charge < -0.3 is 10.4 Å². The molecule has 0 spiro atoms. The molecule has 0 radical (unpaired) electrons. The molecule has 1 amide bonds. The van der Waals surface area contributed by atoms with Gasteiger partial charge in [0, 0.05) is 17.2 Å². The van der Waals surface area contributed by atoms with Crippen molar-refractivity contribution in [2.75, 3.05) is 4.72 Å². The molecule has 31 heavy (non-hydrogen) atoms. The zero-order valence-corrected chi connectivity index (χ0v) is 17.5. The first-order valence-corrected chi connectivity index (χ1v) is 10.9. The van der Waals surface area contributed by atoms with Crippen LogP contribution < -0.4 is 10.0 Å². The van der Waals surface area contributed by atoms with Crippen LogP contribution in [-0.4, -0.2) is 19.4 Å². The number of hydrogen-bond acceptors (Lipinski definition) is 4. The van der Waals surface area contributed by atoms with E-state index in [1.807, 2.05) is 4.72 Å². The molecule has 6 nitrogen and oxygen atoms in total. The third-order valence-corrected chi connectivity index (χ3v) is 6.61. The number of aromatic hydroxyl groups is 1. The van der Waals surface area contributed by atoms with Gasteiger partial charge in [-0.3, -0.25) is 9.52 Å². The van der Waals surface area contributed by atoms with E-state index in [0.29, 0.717) is 17.2 Å². The second kappa shape index (κ2) is 7.51. The first-order valence-electron chi connectivity index (χ1n) is 9.03. The molecule has 0 fully saturated rings. The number of phenolic OH excluding ortho intramolecular Hbond substituents is 1. The first-order chi connectivity index (χ1) is 14.6. The molecule has 10 heteroatoms. The Labute approximate surface area is 181 Å². The van der Waals surface area contributed by atoms with Gasteiger partial charge >= 0.3 is 0 Å². The molecule has 3 N–H and O–H groups in total. The SMILES string of the molecule is C[C@H]1NC(=O)c2cc(Cl)c(O)c(c2)S(=O)(=O)Nc2cc(c(F)cc2F)-c2ccccc21. The number of halogens is 3. The van der Waals surface area contributed by atoms with E-state index < -0.39 is 49.9 Å². The summed E-state index contributed by atoms with van der Waals surface area (Å²) >= 11 is 5.94. The van der Waals surface area contributed by atoms with E-state index in [4.69, 9.17) is 11.6 Å². The van der Waals surface area contributed by atoms with E-state index in [1.54, 1.807) is 31.2 Å². The van der Waals surface area contributed by atoms with Crippen LogP contribution in [0.2, 0.25) is 5.02 Å². The van der Waals surface area contributed by atoms with Gasteiger partial charge in [0.15, 0.2) is 5.75 Å². The molecule has 4 bridgehead atoms. The van der Waals surface area contributed by atoms with Crippen molar-refractivity contribution in [3.63, 3.8) is 0 Å². The van der Waals surface area contributed by atoms with Gasteiger partial charge in [-0.2, -0.15) is 0 Å². The molecule has 0 saturated heterocycles.